The third-order valence-electron chi connectivity index (χ3n) is 4.64. The molecule has 0 bridgehead atoms. The standard InChI is InChI=1S/C19H24N2O3/c20-19(23)15-8-10-21(11-9-15)12-16(22)13-24-18-7-3-5-14-4-1-2-6-17(14)18/h1-7,15-16,22H,8-13H2,(H2,20,23)/t16-/m1/s1. The van der Waals surface area contributed by atoms with E-state index in [9.17, 15) is 9.90 Å². The van der Waals surface area contributed by atoms with Crippen molar-refractivity contribution in [1.82, 2.24) is 4.90 Å². The molecule has 0 radical (unpaired) electrons. The Morgan fingerprint density at radius 1 is 1.21 bits per heavy atom. The van der Waals surface area contributed by atoms with E-state index in [2.05, 4.69) is 4.90 Å². The van der Waals surface area contributed by atoms with Crippen LogP contribution in [0.5, 0.6) is 5.75 Å². The number of hydrogen-bond acceptors (Lipinski definition) is 4. The number of primary amides is 1. The summed E-state index contributed by atoms with van der Waals surface area (Å²) in [5, 5.41) is 12.4. The highest BCUT2D eigenvalue weighted by molar-refractivity contribution is 5.88. The zero-order valence-corrected chi connectivity index (χ0v) is 13.7. The number of aliphatic hydroxyl groups is 1. The number of nitrogens with zero attached hydrogens (tertiary/aromatic N) is 1. The molecule has 1 amide bonds. The number of β-amino-alcohol motifs (C(OH)–C–C–N with tert-alkyl or cyclic N) is 1. The van der Waals surface area contributed by atoms with Crippen molar-refractivity contribution < 1.29 is 14.6 Å². The molecule has 2 aromatic carbocycles. The van der Waals surface area contributed by atoms with Crippen LogP contribution in [0.4, 0.5) is 0 Å². The van der Waals surface area contributed by atoms with Gasteiger partial charge in [0.15, 0.2) is 0 Å². The van der Waals surface area contributed by atoms with Crippen LogP contribution in [0.25, 0.3) is 10.8 Å². The average molecular weight is 328 g/mol. The second kappa shape index (κ2) is 7.64. The number of piperidine rings is 1. The summed E-state index contributed by atoms with van der Waals surface area (Å²) < 4.78 is 5.83. The maximum atomic E-state index is 11.2. The van der Waals surface area contributed by atoms with E-state index < -0.39 is 6.10 Å². The molecule has 3 rings (SSSR count). The highest BCUT2D eigenvalue weighted by Gasteiger charge is 2.24. The Bertz CT molecular complexity index is 691. The van der Waals surface area contributed by atoms with E-state index in [1.165, 1.54) is 0 Å². The van der Waals surface area contributed by atoms with Crippen molar-refractivity contribution in [3.8, 4) is 5.75 Å². The maximum Gasteiger partial charge on any atom is 0.220 e. The minimum absolute atomic E-state index is 0.0228. The monoisotopic (exact) mass is 328 g/mol. The fourth-order valence-electron chi connectivity index (χ4n) is 3.26. The van der Waals surface area contributed by atoms with E-state index in [-0.39, 0.29) is 18.4 Å². The van der Waals surface area contributed by atoms with Crippen LogP contribution in [0.15, 0.2) is 42.5 Å². The Hall–Kier alpha value is -2.11. The Labute approximate surface area is 142 Å². The van der Waals surface area contributed by atoms with Gasteiger partial charge in [0.2, 0.25) is 5.91 Å². The first kappa shape index (κ1) is 16.7. The number of fused-ring (bicyclic) bond motifs is 1. The van der Waals surface area contributed by atoms with Crippen molar-refractivity contribution in [2.45, 2.75) is 18.9 Å². The van der Waals surface area contributed by atoms with Crippen LogP contribution in [-0.4, -0.2) is 48.3 Å². The van der Waals surface area contributed by atoms with Crippen molar-refractivity contribution in [3.05, 3.63) is 42.5 Å². The molecule has 0 aromatic heterocycles. The summed E-state index contributed by atoms with van der Waals surface area (Å²) >= 11 is 0. The van der Waals surface area contributed by atoms with Gasteiger partial charge >= 0.3 is 0 Å². The summed E-state index contributed by atoms with van der Waals surface area (Å²) in [5.41, 5.74) is 5.34. The highest BCUT2D eigenvalue weighted by atomic mass is 16.5. The lowest BCUT2D eigenvalue weighted by atomic mass is 9.96. The number of hydrogen-bond donors (Lipinski definition) is 2. The molecule has 0 saturated carbocycles. The van der Waals surface area contributed by atoms with Crippen molar-refractivity contribution in [3.63, 3.8) is 0 Å². The first-order valence-corrected chi connectivity index (χ1v) is 8.44. The Morgan fingerprint density at radius 3 is 2.67 bits per heavy atom. The Kier molecular flexibility index (Phi) is 5.33. The third-order valence-corrected chi connectivity index (χ3v) is 4.64. The molecular formula is C19H24N2O3. The maximum absolute atomic E-state index is 11.2. The van der Waals surface area contributed by atoms with Gasteiger partial charge in [-0.05, 0) is 37.4 Å². The van der Waals surface area contributed by atoms with Gasteiger partial charge in [-0.15, -0.1) is 0 Å². The molecule has 0 aliphatic carbocycles. The molecule has 3 N–H and O–H groups in total. The van der Waals surface area contributed by atoms with E-state index in [0.29, 0.717) is 6.54 Å². The van der Waals surface area contributed by atoms with Crippen LogP contribution in [0.3, 0.4) is 0 Å². The van der Waals surface area contributed by atoms with Crippen LogP contribution < -0.4 is 10.5 Å². The van der Waals surface area contributed by atoms with E-state index in [1.807, 2.05) is 42.5 Å². The van der Waals surface area contributed by atoms with Crippen molar-refractivity contribution in [2.24, 2.45) is 11.7 Å². The van der Waals surface area contributed by atoms with E-state index in [4.69, 9.17) is 10.5 Å². The second-order valence-electron chi connectivity index (χ2n) is 6.42. The quantitative estimate of drug-likeness (QED) is 0.847. The number of benzene rings is 2. The predicted octanol–water partition coefficient (Wildman–Crippen LogP) is 1.78. The molecule has 0 spiro atoms. The number of carbonyl (C=O) groups is 1. The Morgan fingerprint density at radius 2 is 1.92 bits per heavy atom. The fraction of sp³-hybridized carbons (Fsp3) is 0.421. The first-order chi connectivity index (χ1) is 11.6. The largest absolute Gasteiger partial charge is 0.490 e. The SMILES string of the molecule is NC(=O)C1CCN(C[C@@H](O)COc2cccc3ccccc23)CC1. The summed E-state index contributed by atoms with van der Waals surface area (Å²) in [6.07, 6.45) is 0.979. The predicted molar refractivity (Wildman–Crippen MR) is 93.8 cm³/mol. The molecule has 2 aromatic rings. The molecular weight excluding hydrogens is 304 g/mol. The number of ether oxygens (including phenoxy) is 1. The van der Waals surface area contributed by atoms with Crippen molar-refractivity contribution in [2.75, 3.05) is 26.2 Å². The zero-order chi connectivity index (χ0) is 16.9. The summed E-state index contributed by atoms with van der Waals surface area (Å²) in [7, 11) is 0. The zero-order valence-electron chi connectivity index (χ0n) is 13.7. The lowest BCUT2D eigenvalue weighted by molar-refractivity contribution is -0.123. The molecule has 5 heteroatoms. The third kappa shape index (κ3) is 4.04. The van der Waals surface area contributed by atoms with Crippen LogP contribution >= 0.6 is 0 Å². The van der Waals surface area contributed by atoms with Crippen LogP contribution in [0.1, 0.15) is 12.8 Å². The highest BCUT2D eigenvalue weighted by Crippen LogP contribution is 2.25. The van der Waals surface area contributed by atoms with Crippen LogP contribution in [0.2, 0.25) is 0 Å². The number of amides is 1. The van der Waals surface area contributed by atoms with Crippen LogP contribution in [-0.2, 0) is 4.79 Å². The number of rotatable bonds is 6. The smallest absolute Gasteiger partial charge is 0.220 e. The molecule has 5 nitrogen and oxygen atoms in total. The van der Waals surface area contributed by atoms with Gasteiger partial charge in [0.25, 0.3) is 0 Å². The normalized spacial score (nSPS) is 17.7. The molecule has 128 valence electrons. The van der Waals surface area contributed by atoms with Gasteiger partial charge in [0.05, 0.1) is 0 Å². The topological polar surface area (TPSA) is 75.8 Å². The molecule has 1 atom stereocenters. The molecule has 1 heterocycles. The fourth-order valence-corrected chi connectivity index (χ4v) is 3.26. The lowest BCUT2D eigenvalue weighted by Gasteiger charge is -2.31. The molecule has 1 fully saturated rings. The molecule has 1 saturated heterocycles. The summed E-state index contributed by atoms with van der Waals surface area (Å²) in [6.45, 7) is 2.39. The summed E-state index contributed by atoms with van der Waals surface area (Å²) in [6, 6.07) is 14.0. The number of likely N-dealkylation sites (tertiary alicyclic amines) is 1. The van der Waals surface area contributed by atoms with E-state index in [1.54, 1.807) is 0 Å². The lowest BCUT2D eigenvalue weighted by Crippen LogP contribution is -2.43. The number of carbonyl (C=O) groups excluding carboxylic acids is 1. The van der Waals surface area contributed by atoms with Gasteiger partial charge in [0.1, 0.15) is 18.5 Å². The second-order valence-corrected chi connectivity index (χ2v) is 6.42. The van der Waals surface area contributed by atoms with Gasteiger partial charge in [-0.2, -0.15) is 0 Å². The van der Waals surface area contributed by atoms with Crippen molar-refractivity contribution >= 4 is 16.7 Å². The van der Waals surface area contributed by atoms with Gasteiger partial charge < -0.3 is 20.5 Å². The van der Waals surface area contributed by atoms with Crippen molar-refractivity contribution in [1.29, 1.82) is 0 Å². The van der Waals surface area contributed by atoms with Gasteiger partial charge in [-0.25, -0.2) is 0 Å². The number of aliphatic hydroxyl groups excluding tert-OH is 1. The van der Waals surface area contributed by atoms with Gasteiger partial charge in [0, 0.05) is 17.8 Å². The summed E-state index contributed by atoms with van der Waals surface area (Å²) in [4.78, 5) is 13.3. The molecule has 1 aliphatic rings. The molecule has 24 heavy (non-hydrogen) atoms. The average Bonchev–Trinajstić information content (AvgIpc) is 2.60. The van der Waals surface area contributed by atoms with Gasteiger partial charge in [-0.1, -0.05) is 36.4 Å². The van der Waals surface area contributed by atoms with E-state index >= 15 is 0 Å². The number of nitrogens with two attached hydrogens (primary N) is 1. The Balaban J connectivity index is 1.51. The minimum Gasteiger partial charge on any atom is -0.490 e. The van der Waals surface area contributed by atoms with Gasteiger partial charge in [-0.3, -0.25) is 4.79 Å². The molecule has 0 unspecified atom stereocenters. The first-order valence-electron chi connectivity index (χ1n) is 8.44. The van der Waals surface area contributed by atoms with Crippen LogP contribution in [0, 0.1) is 5.92 Å². The van der Waals surface area contributed by atoms with E-state index in [0.717, 1.165) is 42.5 Å². The minimum atomic E-state index is -0.561. The summed E-state index contributed by atoms with van der Waals surface area (Å²) in [5.74, 6) is 0.555. The molecule has 1 aliphatic heterocycles.